The summed E-state index contributed by atoms with van der Waals surface area (Å²) >= 11 is 6.17. The zero-order chi connectivity index (χ0) is 20.8. The molecule has 9 heteroatoms. The van der Waals surface area contributed by atoms with E-state index in [1.54, 1.807) is 31.2 Å². The summed E-state index contributed by atoms with van der Waals surface area (Å²) in [7, 11) is 0. The fraction of sp³-hybridized carbons (Fsp3) is 0.250. The highest BCUT2D eigenvalue weighted by atomic mass is 35.5. The van der Waals surface area contributed by atoms with Crippen LogP contribution < -0.4 is 20.1 Å². The SMILES string of the molecule is CCOC(=O)CNC(=O)c1cccc(Cl)c1C(=O)NCc1ccc2c(c1)OCO2. The highest BCUT2D eigenvalue weighted by Gasteiger charge is 2.21. The number of carbonyl (C=O) groups is 3. The summed E-state index contributed by atoms with van der Waals surface area (Å²) in [6, 6.07) is 9.85. The van der Waals surface area contributed by atoms with E-state index in [1.807, 2.05) is 0 Å². The van der Waals surface area contributed by atoms with E-state index in [0.717, 1.165) is 5.56 Å². The fourth-order valence-electron chi connectivity index (χ4n) is 2.73. The molecule has 8 nitrogen and oxygen atoms in total. The molecule has 1 heterocycles. The van der Waals surface area contributed by atoms with Crippen molar-refractivity contribution >= 4 is 29.4 Å². The predicted octanol–water partition coefficient (Wildman–Crippen LogP) is 2.29. The molecule has 0 spiro atoms. The Morgan fingerprint density at radius 3 is 2.66 bits per heavy atom. The molecule has 0 saturated carbocycles. The molecule has 0 aromatic heterocycles. The normalized spacial score (nSPS) is 11.7. The molecule has 29 heavy (non-hydrogen) atoms. The van der Waals surface area contributed by atoms with E-state index in [-0.39, 0.29) is 42.6 Å². The van der Waals surface area contributed by atoms with Crippen molar-refractivity contribution in [2.24, 2.45) is 0 Å². The number of rotatable bonds is 7. The number of benzene rings is 2. The lowest BCUT2D eigenvalue weighted by Crippen LogP contribution is -2.33. The lowest BCUT2D eigenvalue weighted by atomic mass is 10.1. The average molecular weight is 419 g/mol. The molecule has 2 amide bonds. The van der Waals surface area contributed by atoms with E-state index in [2.05, 4.69) is 10.6 Å². The Bertz CT molecular complexity index is 947. The van der Waals surface area contributed by atoms with Gasteiger partial charge in [0.1, 0.15) is 6.54 Å². The van der Waals surface area contributed by atoms with E-state index >= 15 is 0 Å². The summed E-state index contributed by atoms with van der Waals surface area (Å²) in [4.78, 5) is 36.6. The van der Waals surface area contributed by atoms with Crippen molar-refractivity contribution in [2.75, 3.05) is 19.9 Å². The zero-order valence-electron chi connectivity index (χ0n) is 15.6. The molecule has 1 aliphatic heterocycles. The first kappa shape index (κ1) is 20.5. The molecule has 0 radical (unpaired) electrons. The Hall–Kier alpha value is -3.26. The van der Waals surface area contributed by atoms with Gasteiger partial charge >= 0.3 is 5.97 Å². The van der Waals surface area contributed by atoms with Gasteiger partial charge in [0, 0.05) is 6.54 Å². The van der Waals surface area contributed by atoms with E-state index in [1.165, 1.54) is 12.1 Å². The third-order valence-corrected chi connectivity index (χ3v) is 4.39. The summed E-state index contributed by atoms with van der Waals surface area (Å²) in [6.45, 7) is 1.93. The smallest absolute Gasteiger partial charge is 0.325 e. The molecule has 3 rings (SSSR count). The molecule has 2 aromatic carbocycles. The van der Waals surface area contributed by atoms with Crippen molar-refractivity contribution in [1.29, 1.82) is 0 Å². The Kier molecular flexibility index (Phi) is 6.56. The van der Waals surface area contributed by atoms with Gasteiger partial charge in [-0.3, -0.25) is 14.4 Å². The molecule has 1 aliphatic rings. The third-order valence-electron chi connectivity index (χ3n) is 4.07. The summed E-state index contributed by atoms with van der Waals surface area (Å²) in [5, 5.41) is 5.28. The fourth-order valence-corrected chi connectivity index (χ4v) is 2.99. The van der Waals surface area contributed by atoms with Crippen LogP contribution in [0.2, 0.25) is 5.02 Å². The molecule has 0 saturated heterocycles. The molecule has 0 bridgehead atoms. The van der Waals surface area contributed by atoms with Crippen LogP contribution in [0.15, 0.2) is 36.4 Å². The molecule has 2 aromatic rings. The van der Waals surface area contributed by atoms with E-state index < -0.39 is 17.8 Å². The van der Waals surface area contributed by atoms with Gasteiger partial charge in [0.15, 0.2) is 11.5 Å². The van der Waals surface area contributed by atoms with Crippen molar-refractivity contribution in [3.8, 4) is 11.5 Å². The molecule has 0 atom stereocenters. The van der Waals surface area contributed by atoms with Crippen LogP contribution >= 0.6 is 11.6 Å². The topological polar surface area (TPSA) is 103 Å². The van der Waals surface area contributed by atoms with Crippen LogP contribution in [0, 0.1) is 0 Å². The van der Waals surface area contributed by atoms with Gasteiger partial charge in [0.25, 0.3) is 11.8 Å². The van der Waals surface area contributed by atoms with Crippen LogP contribution in [-0.4, -0.2) is 37.7 Å². The average Bonchev–Trinajstić information content (AvgIpc) is 3.18. The number of halogens is 1. The van der Waals surface area contributed by atoms with Crippen molar-refractivity contribution in [3.63, 3.8) is 0 Å². The van der Waals surface area contributed by atoms with E-state index in [0.29, 0.717) is 11.5 Å². The van der Waals surface area contributed by atoms with Gasteiger partial charge in [-0.2, -0.15) is 0 Å². The molecule has 2 N–H and O–H groups in total. The Morgan fingerprint density at radius 2 is 1.86 bits per heavy atom. The maximum absolute atomic E-state index is 12.7. The Morgan fingerprint density at radius 1 is 1.07 bits per heavy atom. The van der Waals surface area contributed by atoms with Crippen molar-refractivity contribution in [2.45, 2.75) is 13.5 Å². The second-order valence-corrected chi connectivity index (χ2v) is 6.43. The Labute approximate surface area is 172 Å². The second kappa shape index (κ2) is 9.29. The summed E-state index contributed by atoms with van der Waals surface area (Å²) in [6.07, 6.45) is 0. The lowest BCUT2D eigenvalue weighted by Gasteiger charge is -2.12. The van der Waals surface area contributed by atoms with E-state index in [4.69, 9.17) is 25.8 Å². The minimum Gasteiger partial charge on any atom is -0.465 e. The number of amides is 2. The number of carbonyl (C=O) groups excluding carboxylic acids is 3. The number of nitrogens with one attached hydrogen (secondary N) is 2. The van der Waals surface area contributed by atoms with Crippen LogP contribution in [0.1, 0.15) is 33.2 Å². The highest BCUT2D eigenvalue weighted by molar-refractivity contribution is 6.34. The third kappa shape index (κ3) is 4.97. The molecule has 0 unspecified atom stereocenters. The first-order chi connectivity index (χ1) is 14.0. The molecule has 0 fully saturated rings. The number of esters is 1. The number of hydrogen-bond donors (Lipinski definition) is 2. The number of ether oxygens (including phenoxy) is 3. The summed E-state index contributed by atoms with van der Waals surface area (Å²) in [5.74, 6) is -0.444. The first-order valence-corrected chi connectivity index (χ1v) is 9.26. The second-order valence-electron chi connectivity index (χ2n) is 6.02. The molecule has 0 aliphatic carbocycles. The minimum absolute atomic E-state index is 0.0243. The molecular formula is C20H19ClN2O6. The van der Waals surface area contributed by atoms with Crippen molar-refractivity contribution in [1.82, 2.24) is 10.6 Å². The number of fused-ring (bicyclic) bond motifs is 1. The quantitative estimate of drug-likeness (QED) is 0.669. The largest absolute Gasteiger partial charge is 0.465 e. The standard InChI is InChI=1S/C20H19ClN2O6/c1-2-27-17(24)10-23-19(25)13-4-3-5-14(21)18(13)20(26)22-9-12-6-7-15-16(8-12)29-11-28-15/h3-8H,2,9-11H2,1H3,(H,22,26)(H,23,25). The zero-order valence-corrected chi connectivity index (χ0v) is 16.4. The van der Waals surface area contributed by atoms with Crippen LogP contribution in [0.5, 0.6) is 11.5 Å². The lowest BCUT2D eigenvalue weighted by molar-refractivity contribution is -0.141. The van der Waals surface area contributed by atoms with Crippen LogP contribution in [0.25, 0.3) is 0 Å². The first-order valence-electron chi connectivity index (χ1n) is 8.88. The van der Waals surface area contributed by atoms with Gasteiger partial charge in [-0.25, -0.2) is 0 Å². The maximum Gasteiger partial charge on any atom is 0.325 e. The van der Waals surface area contributed by atoms with Gasteiger partial charge in [0.2, 0.25) is 6.79 Å². The molecular weight excluding hydrogens is 400 g/mol. The Balaban J connectivity index is 1.69. The van der Waals surface area contributed by atoms with Gasteiger partial charge in [0.05, 0.1) is 22.8 Å². The van der Waals surface area contributed by atoms with Gasteiger partial charge < -0.3 is 24.8 Å². The molecule has 152 valence electrons. The van der Waals surface area contributed by atoms with Gasteiger partial charge in [-0.15, -0.1) is 0 Å². The maximum atomic E-state index is 12.7. The van der Waals surface area contributed by atoms with E-state index in [9.17, 15) is 14.4 Å². The van der Waals surface area contributed by atoms with Crippen LogP contribution in [0.3, 0.4) is 0 Å². The van der Waals surface area contributed by atoms with Crippen molar-refractivity contribution < 1.29 is 28.6 Å². The summed E-state index contributed by atoms with van der Waals surface area (Å²) < 4.78 is 15.3. The highest BCUT2D eigenvalue weighted by Crippen LogP contribution is 2.32. The predicted molar refractivity (Wildman–Crippen MR) is 104 cm³/mol. The van der Waals surface area contributed by atoms with Gasteiger partial charge in [-0.05, 0) is 36.8 Å². The van der Waals surface area contributed by atoms with Gasteiger partial charge in [-0.1, -0.05) is 23.7 Å². The monoisotopic (exact) mass is 418 g/mol. The minimum atomic E-state index is -0.603. The number of hydrogen-bond acceptors (Lipinski definition) is 6. The van der Waals surface area contributed by atoms with Crippen molar-refractivity contribution in [3.05, 3.63) is 58.1 Å². The van der Waals surface area contributed by atoms with Crippen LogP contribution in [-0.2, 0) is 16.1 Å². The summed E-state index contributed by atoms with van der Waals surface area (Å²) in [5.41, 5.74) is 0.879. The van der Waals surface area contributed by atoms with Crippen LogP contribution in [0.4, 0.5) is 0 Å².